The van der Waals surface area contributed by atoms with Gasteiger partial charge >= 0.3 is 0 Å². The van der Waals surface area contributed by atoms with Crippen molar-refractivity contribution >= 4 is 11.3 Å². The van der Waals surface area contributed by atoms with Crippen molar-refractivity contribution in [3.8, 4) is 0 Å². The van der Waals surface area contributed by atoms with Crippen molar-refractivity contribution in [2.75, 3.05) is 37.6 Å². The van der Waals surface area contributed by atoms with Gasteiger partial charge in [-0.05, 0) is 57.2 Å². The summed E-state index contributed by atoms with van der Waals surface area (Å²) < 4.78 is 1.83. The Morgan fingerprint density at radius 1 is 1.17 bits per heavy atom. The van der Waals surface area contributed by atoms with Gasteiger partial charge in [-0.3, -0.25) is 0 Å². The summed E-state index contributed by atoms with van der Waals surface area (Å²) in [5.74, 6) is 0.767. The van der Waals surface area contributed by atoms with Gasteiger partial charge in [-0.25, -0.2) is 0 Å². The van der Waals surface area contributed by atoms with Crippen molar-refractivity contribution in [2.45, 2.75) is 39.0 Å². The Morgan fingerprint density at radius 2 is 2.04 bits per heavy atom. The molecule has 0 spiro atoms. The first-order valence-corrected chi connectivity index (χ1v) is 9.00. The number of anilines is 1. The monoisotopic (exact) mass is 314 g/mol. The smallest absolute Gasteiger partial charge is 0.200 e. The largest absolute Gasteiger partial charge is 0.368 e. The van der Waals surface area contributed by atoms with Crippen LogP contribution in [0.3, 0.4) is 0 Å². The van der Waals surface area contributed by atoms with Crippen LogP contribution >= 0.6 is 0 Å². The molecule has 4 rings (SSSR count). The molecule has 1 atom stereocenters. The highest BCUT2D eigenvalue weighted by Gasteiger charge is 2.25. The van der Waals surface area contributed by atoms with Gasteiger partial charge in [0, 0.05) is 19.6 Å². The Balaban J connectivity index is 1.55. The lowest BCUT2D eigenvalue weighted by Crippen LogP contribution is -2.40. The molecule has 2 aliphatic heterocycles. The Morgan fingerprint density at radius 3 is 2.87 bits per heavy atom. The summed E-state index contributed by atoms with van der Waals surface area (Å²) in [7, 11) is 0. The van der Waals surface area contributed by atoms with Crippen LogP contribution < -0.4 is 4.90 Å². The molecular formula is C17H26N6. The number of rotatable bonds is 4. The van der Waals surface area contributed by atoms with E-state index in [2.05, 4.69) is 38.1 Å². The molecule has 2 aliphatic rings. The third-order valence-corrected chi connectivity index (χ3v) is 5.24. The molecule has 1 unspecified atom stereocenters. The number of hydrogen-bond donors (Lipinski definition) is 0. The van der Waals surface area contributed by atoms with Crippen LogP contribution in [0.1, 0.15) is 38.3 Å². The minimum absolute atomic E-state index is 0.767. The molecule has 0 aliphatic carbocycles. The number of fused-ring (bicyclic) bond motifs is 1. The lowest BCUT2D eigenvalue weighted by molar-refractivity contribution is 0.255. The first-order chi connectivity index (χ1) is 11.3. The van der Waals surface area contributed by atoms with Crippen LogP contribution in [-0.4, -0.2) is 57.4 Å². The van der Waals surface area contributed by atoms with E-state index in [-0.39, 0.29) is 0 Å². The maximum absolute atomic E-state index is 4.57. The van der Waals surface area contributed by atoms with Crippen LogP contribution in [0.15, 0.2) is 12.4 Å². The van der Waals surface area contributed by atoms with Crippen LogP contribution in [0.5, 0.6) is 0 Å². The zero-order valence-electron chi connectivity index (χ0n) is 14.0. The fourth-order valence-corrected chi connectivity index (χ4v) is 4.03. The molecule has 2 saturated heterocycles. The number of aromatic nitrogens is 4. The van der Waals surface area contributed by atoms with E-state index >= 15 is 0 Å². The minimum atomic E-state index is 0.767. The Labute approximate surface area is 137 Å². The topological polar surface area (TPSA) is 49.6 Å². The SMILES string of the molecule is CCc1cc(N2CCCC(CN3CCCC3)C2)c2nncn2n1. The van der Waals surface area contributed by atoms with Crippen molar-refractivity contribution in [2.24, 2.45) is 5.92 Å². The summed E-state index contributed by atoms with van der Waals surface area (Å²) in [4.78, 5) is 5.15. The maximum Gasteiger partial charge on any atom is 0.200 e. The maximum atomic E-state index is 4.57. The van der Waals surface area contributed by atoms with Gasteiger partial charge in [0.2, 0.25) is 5.65 Å². The molecule has 6 nitrogen and oxygen atoms in total. The second kappa shape index (κ2) is 6.43. The van der Waals surface area contributed by atoms with Crippen molar-refractivity contribution in [1.29, 1.82) is 0 Å². The molecule has 0 N–H and O–H groups in total. The van der Waals surface area contributed by atoms with E-state index < -0.39 is 0 Å². The van der Waals surface area contributed by atoms with Gasteiger partial charge in [-0.2, -0.15) is 9.61 Å². The first-order valence-electron chi connectivity index (χ1n) is 9.00. The molecule has 2 fully saturated rings. The van der Waals surface area contributed by atoms with E-state index in [1.165, 1.54) is 51.0 Å². The predicted molar refractivity (Wildman–Crippen MR) is 90.8 cm³/mol. The third-order valence-electron chi connectivity index (χ3n) is 5.24. The molecule has 0 amide bonds. The Bertz CT molecular complexity index is 660. The molecule has 0 bridgehead atoms. The number of piperidine rings is 1. The molecule has 2 aromatic rings. The van der Waals surface area contributed by atoms with Crippen LogP contribution in [-0.2, 0) is 6.42 Å². The summed E-state index contributed by atoms with van der Waals surface area (Å²) in [6.07, 6.45) is 8.02. The molecule has 124 valence electrons. The number of nitrogens with zero attached hydrogens (tertiary/aromatic N) is 6. The van der Waals surface area contributed by atoms with Crippen LogP contribution in [0, 0.1) is 5.92 Å². The average Bonchev–Trinajstić information content (AvgIpc) is 3.25. The van der Waals surface area contributed by atoms with Gasteiger partial charge in [-0.1, -0.05) is 6.92 Å². The zero-order chi connectivity index (χ0) is 15.6. The summed E-state index contributed by atoms with van der Waals surface area (Å²) in [6, 6.07) is 2.21. The van der Waals surface area contributed by atoms with Gasteiger partial charge in [0.25, 0.3) is 0 Å². The van der Waals surface area contributed by atoms with Gasteiger partial charge in [0.05, 0.1) is 11.4 Å². The second-order valence-corrected chi connectivity index (χ2v) is 6.94. The normalized spacial score (nSPS) is 23.0. The molecule has 0 aromatic carbocycles. The van der Waals surface area contributed by atoms with Gasteiger partial charge in [0.1, 0.15) is 6.33 Å². The second-order valence-electron chi connectivity index (χ2n) is 6.94. The van der Waals surface area contributed by atoms with E-state index in [4.69, 9.17) is 0 Å². The van der Waals surface area contributed by atoms with Crippen LogP contribution in [0.25, 0.3) is 5.65 Å². The molecule has 6 heteroatoms. The van der Waals surface area contributed by atoms with Crippen molar-refractivity contribution < 1.29 is 0 Å². The Hall–Kier alpha value is -1.69. The van der Waals surface area contributed by atoms with E-state index in [9.17, 15) is 0 Å². The fourth-order valence-electron chi connectivity index (χ4n) is 4.03. The van der Waals surface area contributed by atoms with Crippen molar-refractivity contribution in [3.63, 3.8) is 0 Å². The molecular weight excluding hydrogens is 288 g/mol. The van der Waals surface area contributed by atoms with Gasteiger partial charge in [-0.15, -0.1) is 10.2 Å². The highest BCUT2D eigenvalue weighted by atomic mass is 15.4. The zero-order valence-corrected chi connectivity index (χ0v) is 14.0. The molecule has 2 aromatic heterocycles. The summed E-state index contributed by atoms with van der Waals surface area (Å²) in [5, 5.41) is 12.9. The lowest BCUT2D eigenvalue weighted by Gasteiger charge is -2.36. The molecule has 23 heavy (non-hydrogen) atoms. The van der Waals surface area contributed by atoms with E-state index in [1.54, 1.807) is 6.33 Å². The van der Waals surface area contributed by atoms with Crippen LogP contribution in [0.2, 0.25) is 0 Å². The number of aryl methyl sites for hydroxylation is 1. The molecule has 4 heterocycles. The van der Waals surface area contributed by atoms with Crippen molar-refractivity contribution in [1.82, 2.24) is 24.7 Å². The van der Waals surface area contributed by atoms with Gasteiger partial charge < -0.3 is 9.80 Å². The summed E-state index contributed by atoms with van der Waals surface area (Å²) in [5.41, 5.74) is 3.21. The predicted octanol–water partition coefficient (Wildman–Crippen LogP) is 2.00. The minimum Gasteiger partial charge on any atom is -0.368 e. The molecule has 0 saturated carbocycles. The van der Waals surface area contributed by atoms with Crippen molar-refractivity contribution in [3.05, 3.63) is 18.1 Å². The lowest BCUT2D eigenvalue weighted by atomic mass is 9.97. The molecule has 0 radical (unpaired) electrons. The Kier molecular flexibility index (Phi) is 4.16. The van der Waals surface area contributed by atoms with Gasteiger partial charge in [0.15, 0.2) is 0 Å². The highest BCUT2D eigenvalue weighted by Crippen LogP contribution is 2.27. The average molecular weight is 314 g/mol. The first kappa shape index (κ1) is 14.9. The third kappa shape index (κ3) is 3.04. The van der Waals surface area contributed by atoms with E-state index in [1.807, 2.05) is 4.52 Å². The standard InChI is InChI=1S/C17H26N6/c1-2-15-10-16(17-19-18-13-23(17)20-15)22-9-5-6-14(12-22)11-21-7-3-4-8-21/h10,13-14H,2-9,11-12H2,1H3. The summed E-state index contributed by atoms with van der Waals surface area (Å²) in [6.45, 7) is 8.23. The number of hydrogen-bond acceptors (Lipinski definition) is 5. The highest BCUT2D eigenvalue weighted by molar-refractivity contribution is 5.68. The van der Waals surface area contributed by atoms with Crippen LogP contribution in [0.4, 0.5) is 5.69 Å². The fraction of sp³-hybridized carbons (Fsp3) is 0.706. The van der Waals surface area contributed by atoms with E-state index in [0.29, 0.717) is 0 Å². The summed E-state index contributed by atoms with van der Waals surface area (Å²) >= 11 is 0. The number of likely N-dealkylation sites (tertiary alicyclic amines) is 1. The quantitative estimate of drug-likeness (QED) is 0.864. The van der Waals surface area contributed by atoms with E-state index in [0.717, 1.165) is 36.8 Å².